The van der Waals surface area contributed by atoms with E-state index in [9.17, 15) is 9.59 Å². The van der Waals surface area contributed by atoms with Crippen LogP contribution < -0.4 is 0 Å². The Labute approximate surface area is 191 Å². The van der Waals surface area contributed by atoms with Crippen LogP contribution in [0.15, 0.2) is 12.2 Å². The highest BCUT2D eigenvalue weighted by molar-refractivity contribution is 5.95. The van der Waals surface area contributed by atoms with E-state index in [1.807, 2.05) is 0 Å². The highest BCUT2D eigenvalue weighted by Crippen LogP contribution is 2.64. The van der Waals surface area contributed by atoms with E-state index in [1.165, 1.54) is 70.6 Å². The number of ketones is 1. The molecule has 3 unspecified atom stereocenters. The average Bonchev–Trinajstić information content (AvgIpc) is 3.04. The molecule has 178 valence electrons. The van der Waals surface area contributed by atoms with Crippen LogP contribution in [0.3, 0.4) is 0 Å². The Bertz CT molecular complexity index is 591. The number of carbonyl (C=O) groups is 2. The van der Waals surface area contributed by atoms with E-state index >= 15 is 0 Å². The van der Waals surface area contributed by atoms with Crippen molar-refractivity contribution in [1.29, 1.82) is 0 Å². The molecule has 2 aliphatic rings. The normalized spacial score (nSPS) is 26.8. The van der Waals surface area contributed by atoms with Crippen molar-refractivity contribution in [1.82, 2.24) is 0 Å². The fourth-order valence-corrected chi connectivity index (χ4v) is 5.68. The minimum Gasteiger partial charge on any atom is -0.454 e. The molecule has 0 aromatic carbocycles. The second-order valence-corrected chi connectivity index (χ2v) is 10.8. The van der Waals surface area contributed by atoms with Crippen LogP contribution in [0.5, 0.6) is 0 Å². The summed E-state index contributed by atoms with van der Waals surface area (Å²) >= 11 is 0. The highest BCUT2D eigenvalue weighted by Gasteiger charge is 2.67. The minimum absolute atomic E-state index is 0.0574. The summed E-state index contributed by atoms with van der Waals surface area (Å²) < 4.78 is 5.68. The number of carbonyl (C=O) groups excluding carboxylic acids is 2. The van der Waals surface area contributed by atoms with E-state index in [0.29, 0.717) is 6.42 Å². The zero-order valence-electron chi connectivity index (χ0n) is 20.8. The lowest BCUT2D eigenvalue weighted by molar-refractivity contribution is -0.159. The molecule has 3 heteroatoms. The molecule has 2 bridgehead atoms. The van der Waals surface area contributed by atoms with Crippen LogP contribution in [-0.4, -0.2) is 17.9 Å². The van der Waals surface area contributed by atoms with Crippen molar-refractivity contribution in [3.8, 4) is 0 Å². The molecule has 0 N–H and O–H groups in total. The molecule has 0 saturated heterocycles. The Morgan fingerprint density at radius 3 is 2.00 bits per heavy atom. The van der Waals surface area contributed by atoms with Gasteiger partial charge in [-0.25, -0.2) is 0 Å². The minimum atomic E-state index is -0.496. The zero-order chi connectivity index (χ0) is 22.7. The predicted octanol–water partition coefficient (Wildman–Crippen LogP) is 7.96. The van der Waals surface area contributed by atoms with Gasteiger partial charge in [-0.15, -0.1) is 0 Å². The van der Waals surface area contributed by atoms with E-state index in [0.717, 1.165) is 25.7 Å². The van der Waals surface area contributed by atoms with Crippen molar-refractivity contribution in [3.63, 3.8) is 0 Å². The lowest BCUT2D eigenvalue weighted by Crippen LogP contribution is -2.37. The van der Waals surface area contributed by atoms with Crippen molar-refractivity contribution in [2.75, 3.05) is 0 Å². The molecule has 0 amide bonds. The van der Waals surface area contributed by atoms with Gasteiger partial charge in [0.15, 0.2) is 11.9 Å². The maximum absolute atomic E-state index is 12.8. The van der Waals surface area contributed by atoms with E-state index in [2.05, 4.69) is 39.8 Å². The largest absolute Gasteiger partial charge is 0.454 e. The van der Waals surface area contributed by atoms with Crippen LogP contribution in [0.25, 0.3) is 0 Å². The Morgan fingerprint density at radius 1 is 0.903 bits per heavy atom. The Balaban J connectivity index is 1.45. The van der Waals surface area contributed by atoms with Crippen LogP contribution >= 0.6 is 0 Å². The molecule has 2 rings (SSSR count). The average molecular weight is 433 g/mol. The Morgan fingerprint density at radius 2 is 1.45 bits per heavy atom. The van der Waals surface area contributed by atoms with Crippen LogP contribution in [0.2, 0.25) is 0 Å². The van der Waals surface area contributed by atoms with Crippen LogP contribution in [0.1, 0.15) is 130 Å². The first-order valence-corrected chi connectivity index (χ1v) is 13.2. The van der Waals surface area contributed by atoms with Gasteiger partial charge in [0.1, 0.15) is 0 Å². The fourth-order valence-electron chi connectivity index (χ4n) is 5.68. The number of Topliss-reactive ketones (excluding diaryl/α,β-unsaturated/α-hetero) is 1. The van der Waals surface area contributed by atoms with Gasteiger partial charge in [0.05, 0.1) is 0 Å². The van der Waals surface area contributed by atoms with Gasteiger partial charge in [0.2, 0.25) is 0 Å². The first-order valence-electron chi connectivity index (χ1n) is 13.2. The number of fused-ring (bicyclic) bond motifs is 2. The lowest BCUT2D eigenvalue weighted by atomic mass is 9.70. The first kappa shape index (κ1) is 26.1. The smallest absolute Gasteiger partial charge is 0.306 e. The summed E-state index contributed by atoms with van der Waals surface area (Å²) in [4.78, 5) is 25.1. The molecular formula is C28H48O3. The number of hydrogen-bond acceptors (Lipinski definition) is 3. The van der Waals surface area contributed by atoms with E-state index in [1.54, 1.807) is 0 Å². The SMILES string of the molecule is CCCCCCCC/C=C\CCCCCCCC(=O)OC1C(=O)C2(C)CCC1C2(C)C. The molecule has 3 nitrogen and oxygen atoms in total. The first-order chi connectivity index (χ1) is 14.8. The molecule has 0 radical (unpaired) electrons. The van der Waals surface area contributed by atoms with Gasteiger partial charge in [0.25, 0.3) is 0 Å². The maximum Gasteiger partial charge on any atom is 0.306 e. The number of unbranched alkanes of at least 4 members (excludes halogenated alkanes) is 11. The molecular weight excluding hydrogens is 384 g/mol. The van der Waals surface area contributed by atoms with Crippen molar-refractivity contribution < 1.29 is 14.3 Å². The monoisotopic (exact) mass is 432 g/mol. The van der Waals surface area contributed by atoms with Gasteiger partial charge in [-0.2, -0.15) is 0 Å². The summed E-state index contributed by atoms with van der Waals surface area (Å²) in [6.45, 7) is 8.66. The quantitative estimate of drug-likeness (QED) is 0.141. The van der Waals surface area contributed by atoms with Gasteiger partial charge in [-0.3, -0.25) is 9.59 Å². The molecule has 0 aromatic heterocycles. The van der Waals surface area contributed by atoms with Crippen molar-refractivity contribution in [3.05, 3.63) is 12.2 Å². The number of hydrogen-bond donors (Lipinski definition) is 0. The molecule has 2 saturated carbocycles. The molecule has 2 aliphatic carbocycles. The van der Waals surface area contributed by atoms with E-state index in [-0.39, 0.29) is 28.5 Å². The topological polar surface area (TPSA) is 43.4 Å². The van der Waals surface area contributed by atoms with Crippen LogP contribution in [0, 0.1) is 16.7 Å². The summed E-state index contributed by atoms with van der Waals surface area (Å²) in [5.74, 6) is 0.178. The number of rotatable bonds is 16. The summed E-state index contributed by atoms with van der Waals surface area (Å²) in [7, 11) is 0. The van der Waals surface area contributed by atoms with Gasteiger partial charge < -0.3 is 4.74 Å². The van der Waals surface area contributed by atoms with Crippen LogP contribution in [0.4, 0.5) is 0 Å². The van der Waals surface area contributed by atoms with Gasteiger partial charge >= 0.3 is 5.97 Å². The van der Waals surface area contributed by atoms with Crippen molar-refractivity contribution >= 4 is 11.8 Å². The number of esters is 1. The Kier molecular flexibility index (Phi) is 10.8. The Hall–Kier alpha value is -1.12. The van der Waals surface area contributed by atoms with E-state index in [4.69, 9.17) is 4.74 Å². The van der Waals surface area contributed by atoms with Gasteiger partial charge in [-0.1, -0.05) is 91.2 Å². The fraction of sp³-hybridized carbons (Fsp3) is 0.857. The second-order valence-electron chi connectivity index (χ2n) is 10.8. The van der Waals surface area contributed by atoms with E-state index < -0.39 is 6.10 Å². The summed E-state index contributed by atoms with van der Waals surface area (Å²) in [6.07, 6.45) is 22.8. The predicted molar refractivity (Wildman–Crippen MR) is 129 cm³/mol. The third-order valence-electron chi connectivity index (χ3n) is 8.37. The third-order valence-corrected chi connectivity index (χ3v) is 8.37. The number of ether oxygens (including phenoxy) is 1. The van der Waals surface area contributed by atoms with Gasteiger partial charge in [-0.05, 0) is 50.4 Å². The summed E-state index contributed by atoms with van der Waals surface area (Å²) in [5.41, 5.74) is -0.371. The molecule has 31 heavy (non-hydrogen) atoms. The maximum atomic E-state index is 12.8. The molecule has 0 aromatic rings. The molecule has 0 aliphatic heterocycles. The second kappa shape index (κ2) is 12.8. The lowest BCUT2D eigenvalue weighted by Gasteiger charge is -2.31. The highest BCUT2D eigenvalue weighted by atomic mass is 16.5. The summed E-state index contributed by atoms with van der Waals surface area (Å²) in [5, 5.41) is 0. The summed E-state index contributed by atoms with van der Waals surface area (Å²) in [6, 6.07) is 0. The van der Waals surface area contributed by atoms with Crippen molar-refractivity contribution in [2.24, 2.45) is 16.7 Å². The molecule has 3 atom stereocenters. The van der Waals surface area contributed by atoms with Crippen LogP contribution in [-0.2, 0) is 14.3 Å². The number of allylic oxidation sites excluding steroid dienone is 2. The van der Waals surface area contributed by atoms with Gasteiger partial charge in [0, 0.05) is 17.8 Å². The van der Waals surface area contributed by atoms with Crippen molar-refractivity contribution in [2.45, 2.75) is 137 Å². The standard InChI is InChI=1S/C28H48O3/c1-5-6-7-8-9-10-11-12-13-14-15-16-17-18-19-20-24(29)31-25-23-21-22-28(4,26(25)30)27(23,2)3/h12-13,23,25H,5-11,14-22H2,1-4H3/b13-12-. The zero-order valence-corrected chi connectivity index (χ0v) is 20.8. The molecule has 0 spiro atoms. The third kappa shape index (κ3) is 6.93. The molecule has 2 fully saturated rings. The molecule has 0 heterocycles.